The summed E-state index contributed by atoms with van der Waals surface area (Å²) in [5, 5.41) is 7.22. The van der Waals surface area contributed by atoms with E-state index in [1.54, 1.807) is 47.4 Å². The summed E-state index contributed by atoms with van der Waals surface area (Å²) < 4.78 is 20.5. The lowest BCUT2D eigenvalue weighted by Crippen LogP contribution is -2.31. The average molecular weight is 416 g/mol. The number of aromatic nitrogens is 3. The topological polar surface area (TPSA) is 69.0 Å². The molecule has 4 aromatic rings. The molecule has 1 amide bonds. The lowest BCUT2D eigenvalue weighted by atomic mass is 10.1. The molecule has 0 aliphatic carbocycles. The van der Waals surface area contributed by atoms with Crippen LogP contribution in [-0.2, 0) is 13.2 Å². The van der Waals surface area contributed by atoms with E-state index in [2.05, 4.69) is 15.4 Å². The van der Waals surface area contributed by atoms with E-state index in [-0.39, 0.29) is 24.4 Å². The maximum absolute atomic E-state index is 13.0. The summed E-state index contributed by atoms with van der Waals surface area (Å²) in [7, 11) is 0. The standard InChI is InChI=1S/C24H21FN4O2/c25-21-11-9-18(10-12-21)15-31-22-8-4-7-20(13-22)24(30)28-23(14-29-17-26-16-27-29)19-5-2-1-3-6-19/h1-13,16-17,23H,14-15H2,(H,28,30). The highest BCUT2D eigenvalue weighted by Gasteiger charge is 2.17. The molecule has 0 aliphatic heterocycles. The minimum Gasteiger partial charge on any atom is -0.489 e. The van der Waals surface area contributed by atoms with Crippen LogP contribution >= 0.6 is 0 Å². The molecule has 0 saturated carbocycles. The quantitative estimate of drug-likeness (QED) is 0.468. The van der Waals surface area contributed by atoms with E-state index in [0.717, 1.165) is 11.1 Å². The van der Waals surface area contributed by atoms with E-state index in [4.69, 9.17) is 4.74 Å². The summed E-state index contributed by atoms with van der Waals surface area (Å²) in [6, 6.07) is 22.5. The second-order valence-electron chi connectivity index (χ2n) is 7.00. The molecule has 6 nitrogen and oxygen atoms in total. The molecule has 1 atom stereocenters. The molecule has 1 heterocycles. The molecule has 3 aromatic carbocycles. The molecule has 0 radical (unpaired) electrons. The van der Waals surface area contributed by atoms with Crippen molar-refractivity contribution >= 4 is 5.91 Å². The molecule has 31 heavy (non-hydrogen) atoms. The van der Waals surface area contributed by atoms with Gasteiger partial charge in [-0.3, -0.25) is 9.48 Å². The van der Waals surface area contributed by atoms with Crippen molar-refractivity contribution in [2.75, 3.05) is 0 Å². The third-order valence-corrected chi connectivity index (χ3v) is 4.76. The van der Waals surface area contributed by atoms with Crippen LogP contribution in [0.15, 0.2) is 91.5 Å². The van der Waals surface area contributed by atoms with Crippen LogP contribution in [0.25, 0.3) is 0 Å². The van der Waals surface area contributed by atoms with E-state index in [9.17, 15) is 9.18 Å². The van der Waals surface area contributed by atoms with Gasteiger partial charge in [-0.1, -0.05) is 48.5 Å². The first-order valence-electron chi connectivity index (χ1n) is 9.83. The number of nitrogens with zero attached hydrogens (tertiary/aromatic N) is 3. The SMILES string of the molecule is O=C(NC(Cn1cncn1)c1ccccc1)c1cccc(OCc2ccc(F)cc2)c1. The minimum absolute atomic E-state index is 0.221. The first kappa shape index (κ1) is 20.3. The Bertz CT molecular complexity index is 1120. The van der Waals surface area contributed by atoms with Crippen molar-refractivity contribution in [3.8, 4) is 5.75 Å². The van der Waals surface area contributed by atoms with Gasteiger partial charge >= 0.3 is 0 Å². The number of nitrogens with one attached hydrogen (secondary N) is 1. The van der Waals surface area contributed by atoms with Gasteiger partial charge in [0.05, 0.1) is 12.6 Å². The smallest absolute Gasteiger partial charge is 0.251 e. The highest BCUT2D eigenvalue weighted by molar-refractivity contribution is 5.94. The third-order valence-electron chi connectivity index (χ3n) is 4.76. The monoisotopic (exact) mass is 416 g/mol. The Kier molecular flexibility index (Phi) is 6.32. The molecule has 0 spiro atoms. The molecule has 7 heteroatoms. The van der Waals surface area contributed by atoms with Gasteiger partial charge in [0.1, 0.15) is 30.8 Å². The Morgan fingerprint density at radius 2 is 1.84 bits per heavy atom. The number of hydrogen-bond donors (Lipinski definition) is 1. The number of benzene rings is 3. The second kappa shape index (κ2) is 9.67. The van der Waals surface area contributed by atoms with Crippen LogP contribution in [0.3, 0.4) is 0 Å². The number of ether oxygens (including phenoxy) is 1. The second-order valence-corrected chi connectivity index (χ2v) is 7.00. The van der Waals surface area contributed by atoms with Gasteiger partial charge in [0.25, 0.3) is 5.91 Å². The van der Waals surface area contributed by atoms with Gasteiger partial charge < -0.3 is 10.1 Å². The number of halogens is 1. The van der Waals surface area contributed by atoms with Gasteiger partial charge in [0.2, 0.25) is 0 Å². The molecule has 0 aliphatic rings. The Labute approximate surface area is 179 Å². The highest BCUT2D eigenvalue weighted by Crippen LogP contribution is 2.19. The molecule has 1 aromatic heterocycles. The third kappa shape index (κ3) is 5.54. The van der Waals surface area contributed by atoms with Gasteiger partial charge in [-0.25, -0.2) is 9.37 Å². The van der Waals surface area contributed by atoms with Gasteiger partial charge in [-0.05, 0) is 41.5 Å². The first-order valence-corrected chi connectivity index (χ1v) is 9.83. The van der Waals surface area contributed by atoms with E-state index >= 15 is 0 Å². The fraction of sp³-hybridized carbons (Fsp3) is 0.125. The predicted molar refractivity (Wildman–Crippen MR) is 114 cm³/mol. The summed E-state index contributed by atoms with van der Waals surface area (Å²) in [6.07, 6.45) is 3.08. The van der Waals surface area contributed by atoms with Crippen molar-refractivity contribution in [1.29, 1.82) is 0 Å². The minimum atomic E-state index is -0.290. The molecule has 4 rings (SSSR count). The van der Waals surface area contributed by atoms with Crippen molar-refractivity contribution in [1.82, 2.24) is 20.1 Å². The van der Waals surface area contributed by atoms with Gasteiger partial charge in [-0.2, -0.15) is 5.10 Å². The predicted octanol–water partition coefficient (Wildman–Crippen LogP) is 4.17. The van der Waals surface area contributed by atoms with Crippen molar-refractivity contribution in [3.63, 3.8) is 0 Å². The van der Waals surface area contributed by atoms with E-state index in [1.807, 2.05) is 30.3 Å². The summed E-state index contributed by atoms with van der Waals surface area (Å²) in [6.45, 7) is 0.737. The zero-order chi connectivity index (χ0) is 21.5. The van der Waals surface area contributed by atoms with Gasteiger partial charge in [0.15, 0.2) is 0 Å². The lowest BCUT2D eigenvalue weighted by Gasteiger charge is -2.19. The van der Waals surface area contributed by atoms with Crippen LogP contribution < -0.4 is 10.1 Å². The maximum atomic E-state index is 13.0. The van der Waals surface area contributed by atoms with Gasteiger partial charge in [0, 0.05) is 5.56 Å². The summed E-state index contributed by atoms with van der Waals surface area (Å²) in [4.78, 5) is 16.9. The van der Waals surface area contributed by atoms with E-state index in [0.29, 0.717) is 17.9 Å². The number of amides is 1. The van der Waals surface area contributed by atoms with Crippen LogP contribution in [0.5, 0.6) is 5.75 Å². The van der Waals surface area contributed by atoms with Crippen molar-refractivity contribution < 1.29 is 13.9 Å². The number of rotatable bonds is 8. The van der Waals surface area contributed by atoms with Crippen molar-refractivity contribution in [3.05, 3.63) is 114 Å². The van der Waals surface area contributed by atoms with Crippen LogP contribution in [0.2, 0.25) is 0 Å². The van der Waals surface area contributed by atoms with Crippen LogP contribution in [-0.4, -0.2) is 20.7 Å². The number of carbonyl (C=O) groups excluding carboxylic acids is 1. The van der Waals surface area contributed by atoms with E-state index < -0.39 is 0 Å². The Hall–Kier alpha value is -4.00. The summed E-state index contributed by atoms with van der Waals surface area (Å²) in [5.41, 5.74) is 2.29. The molecule has 1 unspecified atom stereocenters. The van der Waals surface area contributed by atoms with Crippen molar-refractivity contribution in [2.45, 2.75) is 19.2 Å². The molecule has 0 fully saturated rings. The highest BCUT2D eigenvalue weighted by atomic mass is 19.1. The molecule has 0 saturated heterocycles. The molecule has 1 N–H and O–H groups in total. The summed E-state index contributed by atoms with van der Waals surface area (Å²) in [5.74, 6) is 0.0481. The summed E-state index contributed by atoms with van der Waals surface area (Å²) >= 11 is 0. The fourth-order valence-corrected chi connectivity index (χ4v) is 3.15. The largest absolute Gasteiger partial charge is 0.489 e. The van der Waals surface area contributed by atoms with Crippen LogP contribution in [0, 0.1) is 5.82 Å². The first-order chi connectivity index (χ1) is 15.2. The normalized spacial score (nSPS) is 11.6. The van der Waals surface area contributed by atoms with Crippen LogP contribution in [0.1, 0.15) is 27.5 Å². The molecule has 156 valence electrons. The maximum Gasteiger partial charge on any atom is 0.251 e. The lowest BCUT2D eigenvalue weighted by molar-refractivity contribution is 0.0931. The average Bonchev–Trinajstić information content (AvgIpc) is 3.32. The molecular weight excluding hydrogens is 395 g/mol. The fourth-order valence-electron chi connectivity index (χ4n) is 3.15. The Balaban J connectivity index is 1.45. The Morgan fingerprint density at radius 1 is 1.03 bits per heavy atom. The number of hydrogen-bond acceptors (Lipinski definition) is 4. The van der Waals surface area contributed by atoms with Gasteiger partial charge in [-0.15, -0.1) is 0 Å². The van der Waals surface area contributed by atoms with Crippen LogP contribution in [0.4, 0.5) is 4.39 Å². The van der Waals surface area contributed by atoms with E-state index in [1.165, 1.54) is 18.5 Å². The van der Waals surface area contributed by atoms with Crippen molar-refractivity contribution in [2.24, 2.45) is 0 Å². The zero-order valence-electron chi connectivity index (χ0n) is 16.7. The molecule has 0 bridgehead atoms. The Morgan fingerprint density at radius 3 is 2.58 bits per heavy atom. The molecular formula is C24H21FN4O2. The number of carbonyl (C=O) groups is 1. The zero-order valence-corrected chi connectivity index (χ0v) is 16.7.